The van der Waals surface area contributed by atoms with Crippen LogP contribution >= 0.6 is 11.8 Å². The molecule has 0 spiro atoms. The predicted molar refractivity (Wildman–Crippen MR) is 87.8 cm³/mol. The molecule has 1 aromatic rings. The van der Waals surface area contributed by atoms with Gasteiger partial charge in [-0.3, -0.25) is 19.2 Å². The molecule has 0 radical (unpaired) electrons. The number of rotatable bonds is 7. The van der Waals surface area contributed by atoms with Gasteiger partial charge in [-0.05, 0) is 24.6 Å². The van der Waals surface area contributed by atoms with Crippen molar-refractivity contribution < 1.29 is 29.0 Å². The molecular formula is C16H17NO6S. The summed E-state index contributed by atoms with van der Waals surface area (Å²) in [6.07, 6.45) is -0.0972. The number of nitrogens with zero attached hydrogens (tertiary/aromatic N) is 1. The maximum absolute atomic E-state index is 12.4. The number of benzene rings is 1. The molecule has 128 valence electrons. The highest BCUT2D eigenvalue weighted by Crippen LogP contribution is 2.29. The van der Waals surface area contributed by atoms with Crippen LogP contribution in [-0.4, -0.2) is 46.5 Å². The second-order valence-corrected chi connectivity index (χ2v) is 6.30. The SMILES string of the molecule is CCOC(=O)CSC1CC(=O)N(c2ccc(CC(=O)O)cc2)C1=O. The zero-order valence-corrected chi connectivity index (χ0v) is 13.9. The van der Waals surface area contributed by atoms with Crippen LogP contribution in [0.2, 0.25) is 0 Å². The largest absolute Gasteiger partial charge is 0.481 e. The molecule has 2 rings (SSSR count). The Balaban J connectivity index is 2.03. The number of thioether (sulfide) groups is 1. The Hall–Kier alpha value is -2.35. The van der Waals surface area contributed by atoms with E-state index in [2.05, 4.69) is 0 Å². The topological polar surface area (TPSA) is 101 Å². The van der Waals surface area contributed by atoms with Gasteiger partial charge in [-0.2, -0.15) is 0 Å². The molecule has 7 nitrogen and oxygen atoms in total. The average molecular weight is 351 g/mol. The number of amides is 2. The molecule has 2 amide bonds. The van der Waals surface area contributed by atoms with Crippen molar-refractivity contribution in [2.45, 2.75) is 25.0 Å². The van der Waals surface area contributed by atoms with Gasteiger partial charge in [-0.15, -0.1) is 11.8 Å². The number of hydrogen-bond acceptors (Lipinski definition) is 6. The van der Waals surface area contributed by atoms with E-state index in [0.717, 1.165) is 16.7 Å². The van der Waals surface area contributed by atoms with Gasteiger partial charge in [0.05, 0.1) is 29.7 Å². The smallest absolute Gasteiger partial charge is 0.315 e. The van der Waals surface area contributed by atoms with Gasteiger partial charge in [0.2, 0.25) is 11.8 Å². The van der Waals surface area contributed by atoms with Crippen LogP contribution in [0.3, 0.4) is 0 Å². The van der Waals surface area contributed by atoms with Crippen LogP contribution in [0.1, 0.15) is 18.9 Å². The molecule has 24 heavy (non-hydrogen) atoms. The first kappa shape index (κ1) is 18.0. The lowest BCUT2D eigenvalue weighted by molar-refractivity contribution is -0.140. The monoisotopic (exact) mass is 351 g/mol. The summed E-state index contributed by atoms with van der Waals surface area (Å²) in [7, 11) is 0. The maximum atomic E-state index is 12.4. The molecule has 1 atom stereocenters. The molecule has 1 saturated heterocycles. The van der Waals surface area contributed by atoms with Crippen molar-refractivity contribution >= 4 is 41.2 Å². The lowest BCUT2D eigenvalue weighted by Crippen LogP contribution is -2.31. The highest BCUT2D eigenvalue weighted by atomic mass is 32.2. The first-order valence-corrected chi connectivity index (χ1v) is 8.42. The Kier molecular flexibility index (Phi) is 5.97. The summed E-state index contributed by atoms with van der Waals surface area (Å²) in [5.41, 5.74) is 0.983. The van der Waals surface area contributed by atoms with E-state index in [1.165, 1.54) is 0 Å². The number of carbonyl (C=O) groups excluding carboxylic acids is 3. The van der Waals surface area contributed by atoms with Crippen LogP contribution in [0.15, 0.2) is 24.3 Å². The van der Waals surface area contributed by atoms with Gasteiger partial charge in [0.25, 0.3) is 0 Å². The van der Waals surface area contributed by atoms with E-state index in [1.54, 1.807) is 31.2 Å². The van der Waals surface area contributed by atoms with Gasteiger partial charge < -0.3 is 9.84 Å². The van der Waals surface area contributed by atoms with Crippen molar-refractivity contribution in [2.75, 3.05) is 17.3 Å². The molecule has 1 aromatic carbocycles. The van der Waals surface area contributed by atoms with E-state index in [4.69, 9.17) is 9.84 Å². The van der Waals surface area contributed by atoms with Crippen LogP contribution in [0, 0.1) is 0 Å². The lowest BCUT2D eigenvalue weighted by atomic mass is 10.1. The number of esters is 1. The number of anilines is 1. The lowest BCUT2D eigenvalue weighted by Gasteiger charge is -2.15. The van der Waals surface area contributed by atoms with Crippen molar-refractivity contribution in [1.29, 1.82) is 0 Å². The zero-order chi connectivity index (χ0) is 17.7. The number of aliphatic carboxylic acids is 1. The minimum absolute atomic E-state index is 0.0168. The number of imide groups is 1. The van der Waals surface area contributed by atoms with Crippen molar-refractivity contribution in [3.05, 3.63) is 29.8 Å². The van der Waals surface area contributed by atoms with Gasteiger partial charge in [-0.1, -0.05) is 12.1 Å². The molecule has 1 aliphatic rings. The number of ether oxygens (including phenoxy) is 1. The summed E-state index contributed by atoms with van der Waals surface area (Å²) in [4.78, 5) is 47.6. The maximum Gasteiger partial charge on any atom is 0.315 e. The van der Waals surface area contributed by atoms with E-state index in [-0.39, 0.29) is 37.0 Å². The first-order chi connectivity index (χ1) is 11.4. The number of hydrogen-bond donors (Lipinski definition) is 1. The summed E-state index contributed by atoms with van der Waals surface area (Å²) >= 11 is 1.09. The molecule has 8 heteroatoms. The fourth-order valence-corrected chi connectivity index (χ4v) is 3.24. The molecular weight excluding hydrogens is 334 g/mol. The summed E-state index contributed by atoms with van der Waals surface area (Å²) in [6.45, 7) is 1.97. The third-order valence-corrected chi connectivity index (χ3v) is 4.54. The zero-order valence-electron chi connectivity index (χ0n) is 13.1. The third kappa shape index (κ3) is 4.35. The normalized spacial score (nSPS) is 17.2. The second-order valence-electron chi connectivity index (χ2n) is 5.11. The van der Waals surface area contributed by atoms with Crippen LogP contribution in [0.4, 0.5) is 5.69 Å². The fourth-order valence-electron chi connectivity index (χ4n) is 2.31. The molecule has 1 aliphatic heterocycles. The van der Waals surface area contributed by atoms with E-state index >= 15 is 0 Å². The molecule has 1 unspecified atom stereocenters. The average Bonchev–Trinajstić information content (AvgIpc) is 2.80. The van der Waals surface area contributed by atoms with Crippen LogP contribution in [-0.2, 0) is 30.3 Å². The molecule has 1 N–H and O–H groups in total. The molecule has 0 aromatic heterocycles. The van der Waals surface area contributed by atoms with Crippen molar-refractivity contribution in [2.24, 2.45) is 0 Å². The van der Waals surface area contributed by atoms with Crippen molar-refractivity contribution in [3.63, 3.8) is 0 Å². The number of carbonyl (C=O) groups is 4. The first-order valence-electron chi connectivity index (χ1n) is 7.37. The van der Waals surface area contributed by atoms with Crippen molar-refractivity contribution in [1.82, 2.24) is 0 Å². The van der Waals surface area contributed by atoms with E-state index in [1.807, 2.05) is 0 Å². The Morgan fingerprint density at radius 1 is 1.29 bits per heavy atom. The Bertz CT molecular complexity index is 657. The Morgan fingerprint density at radius 3 is 2.54 bits per heavy atom. The minimum Gasteiger partial charge on any atom is -0.481 e. The second kappa shape index (κ2) is 7.96. The van der Waals surface area contributed by atoms with Gasteiger partial charge in [0, 0.05) is 6.42 Å². The Morgan fingerprint density at radius 2 is 1.96 bits per heavy atom. The van der Waals surface area contributed by atoms with Crippen LogP contribution < -0.4 is 4.90 Å². The van der Waals surface area contributed by atoms with E-state index in [0.29, 0.717) is 11.3 Å². The molecule has 0 bridgehead atoms. The fraction of sp³-hybridized carbons (Fsp3) is 0.375. The Labute approximate surface area is 143 Å². The van der Waals surface area contributed by atoms with Crippen LogP contribution in [0.5, 0.6) is 0 Å². The van der Waals surface area contributed by atoms with Gasteiger partial charge >= 0.3 is 11.9 Å². The minimum atomic E-state index is -0.952. The van der Waals surface area contributed by atoms with Crippen LogP contribution in [0.25, 0.3) is 0 Å². The summed E-state index contributed by atoms with van der Waals surface area (Å²) < 4.78 is 4.80. The third-order valence-electron chi connectivity index (χ3n) is 3.36. The van der Waals surface area contributed by atoms with E-state index in [9.17, 15) is 19.2 Å². The standard InChI is InChI=1S/C16H17NO6S/c1-2-23-15(21)9-24-12-8-13(18)17(16(12)22)11-5-3-10(4-6-11)7-14(19)20/h3-6,12H,2,7-9H2,1H3,(H,19,20). The van der Waals surface area contributed by atoms with E-state index < -0.39 is 17.2 Å². The molecule has 0 aliphatic carbocycles. The predicted octanol–water partition coefficient (Wildman–Crippen LogP) is 1.24. The summed E-state index contributed by atoms with van der Waals surface area (Å²) in [5, 5.41) is 8.14. The summed E-state index contributed by atoms with van der Waals surface area (Å²) in [6, 6.07) is 6.24. The molecule has 1 fully saturated rings. The summed E-state index contributed by atoms with van der Waals surface area (Å²) in [5.74, 6) is -2.07. The highest BCUT2D eigenvalue weighted by Gasteiger charge is 2.40. The molecule has 0 saturated carbocycles. The quantitative estimate of drug-likeness (QED) is 0.582. The van der Waals surface area contributed by atoms with Gasteiger partial charge in [-0.25, -0.2) is 4.90 Å². The van der Waals surface area contributed by atoms with Gasteiger partial charge in [0.1, 0.15) is 0 Å². The van der Waals surface area contributed by atoms with Crippen molar-refractivity contribution in [3.8, 4) is 0 Å². The molecule has 1 heterocycles. The van der Waals surface area contributed by atoms with Gasteiger partial charge in [0.15, 0.2) is 0 Å². The highest BCUT2D eigenvalue weighted by molar-refractivity contribution is 8.01. The number of carboxylic acids is 1. The number of carboxylic acid groups (broad SMARTS) is 1.